The van der Waals surface area contributed by atoms with E-state index < -0.39 is 6.09 Å². The van der Waals surface area contributed by atoms with Crippen LogP contribution in [0.25, 0.3) is 10.9 Å². The number of alkyl carbamates (subject to hydrolysis) is 1. The van der Waals surface area contributed by atoms with Gasteiger partial charge in [-0.25, -0.2) is 9.36 Å². The summed E-state index contributed by atoms with van der Waals surface area (Å²) in [4.78, 5) is 25.0. The predicted molar refractivity (Wildman–Crippen MR) is 119 cm³/mol. The van der Waals surface area contributed by atoms with Crippen molar-refractivity contribution in [2.45, 2.75) is 33.0 Å². The highest BCUT2D eigenvalue weighted by Gasteiger charge is 2.33. The lowest BCUT2D eigenvalue weighted by Gasteiger charge is -2.21. The van der Waals surface area contributed by atoms with E-state index in [-0.39, 0.29) is 43.2 Å². The highest BCUT2D eigenvalue weighted by atomic mass is 35.5. The Morgan fingerprint density at radius 1 is 1.34 bits per heavy atom. The van der Waals surface area contributed by atoms with Gasteiger partial charge in [0.25, 0.3) is 5.82 Å². The third-order valence-electron chi connectivity index (χ3n) is 6.00. The molecule has 1 aliphatic rings. The van der Waals surface area contributed by atoms with Crippen molar-refractivity contribution in [1.29, 1.82) is 0 Å². The van der Waals surface area contributed by atoms with Gasteiger partial charge in [-0.05, 0) is 18.9 Å². The first-order chi connectivity index (χ1) is 14.5. The molecule has 32 heavy (non-hydrogen) atoms. The Bertz CT molecular complexity index is 1110. The molecule has 3 aromatic rings. The summed E-state index contributed by atoms with van der Waals surface area (Å²) in [7, 11) is 2.04. The molecule has 0 aliphatic heterocycles. The lowest BCUT2D eigenvalue weighted by atomic mass is 9.85. The maximum atomic E-state index is 13.4. The quantitative estimate of drug-likeness (QED) is 0.445. The number of ketones is 1. The Balaban J connectivity index is 0.00000181. The second kappa shape index (κ2) is 10.8. The standard InChI is InChI=1S/C22H27N5O3.2ClH/c1-15-26(11-12-27(15)14-30-22(29)24-10-9-23)13-16-7-8-19-20(21(16)28)17-5-3-4-6-18(17)25(19)2;;/h3-6,11-12,16H,7-10,13-14,23H2,1-2H3;2*1H. The Morgan fingerprint density at radius 3 is 2.84 bits per heavy atom. The molecule has 1 amide bonds. The van der Waals surface area contributed by atoms with Crippen LogP contribution in [0.4, 0.5) is 4.79 Å². The molecule has 1 atom stereocenters. The van der Waals surface area contributed by atoms with E-state index >= 15 is 0 Å². The number of benzene rings is 1. The Labute approximate surface area is 199 Å². The van der Waals surface area contributed by atoms with Crippen molar-refractivity contribution < 1.29 is 31.3 Å². The summed E-state index contributed by atoms with van der Waals surface area (Å²) in [6.07, 6.45) is 5.02. The fourth-order valence-corrected chi connectivity index (χ4v) is 4.30. The number of ether oxygens (including phenoxy) is 1. The molecule has 0 bridgehead atoms. The number of amides is 1. The summed E-state index contributed by atoms with van der Waals surface area (Å²) in [5, 5.41) is 3.62. The molecule has 1 aliphatic carbocycles. The number of imidazole rings is 1. The maximum absolute atomic E-state index is 13.4. The third kappa shape index (κ3) is 4.77. The minimum Gasteiger partial charge on any atom is -1.00 e. The Kier molecular flexibility index (Phi) is 8.72. The molecule has 0 radical (unpaired) electrons. The first-order valence-corrected chi connectivity index (χ1v) is 10.3. The predicted octanol–water partition coefficient (Wildman–Crippen LogP) is -0.911. The van der Waals surface area contributed by atoms with Gasteiger partial charge >= 0.3 is 6.09 Å². The lowest BCUT2D eigenvalue weighted by molar-refractivity contribution is -0.732. The van der Waals surface area contributed by atoms with Gasteiger partial charge in [-0.2, -0.15) is 4.57 Å². The number of para-hydroxylation sites is 1. The van der Waals surface area contributed by atoms with E-state index in [4.69, 9.17) is 10.5 Å². The molecular formula is C22H29Cl2N5O3. The van der Waals surface area contributed by atoms with Crippen LogP contribution < -0.4 is 28.0 Å². The van der Waals surface area contributed by atoms with E-state index in [1.165, 1.54) is 0 Å². The molecule has 8 nitrogen and oxygen atoms in total. The number of carbonyl (C=O) groups is 2. The van der Waals surface area contributed by atoms with Crippen LogP contribution in [0.1, 0.15) is 28.3 Å². The number of carbonyl (C=O) groups excluding carboxylic acids is 2. The molecule has 2 heterocycles. The number of aryl methyl sites for hydroxylation is 1. The first-order valence-electron chi connectivity index (χ1n) is 10.3. The number of nitrogens with one attached hydrogen (secondary N) is 1. The topological polar surface area (TPSA) is 95.2 Å². The van der Waals surface area contributed by atoms with E-state index in [1.54, 1.807) is 0 Å². The smallest absolute Gasteiger partial charge is 0.410 e. The van der Waals surface area contributed by atoms with Crippen molar-refractivity contribution in [3.8, 4) is 0 Å². The molecule has 2 aromatic heterocycles. The molecule has 1 unspecified atom stereocenters. The van der Waals surface area contributed by atoms with Gasteiger partial charge in [0.1, 0.15) is 18.9 Å². The zero-order valence-electron chi connectivity index (χ0n) is 18.2. The molecule has 1 aromatic carbocycles. The zero-order valence-corrected chi connectivity index (χ0v) is 19.8. The first kappa shape index (κ1) is 25.7. The second-order valence-corrected chi connectivity index (χ2v) is 7.74. The second-order valence-electron chi connectivity index (χ2n) is 7.74. The van der Waals surface area contributed by atoms with Gasteiger partial charge in [0.05, 0.1) is 5.92 Å². The minimum absolute atomic E-state index is 0. The van der Waals surface area contributed by atoms with Gasteiger partial charge < -0.3 is 32.8 Å². The summed E-state index contributed by atoms with van der Waals surface area (Å²) in [6.45, 7) is 3.42. The van der Waals surface area contributed by atoms with Crippen LogP contribution in [-0.2, 0) is 31.5 Å². The van der Waals surface area contributed by atoms with Crippen LogP contribution in [-0.4, -0.2) is 34.1 Å². The lowest BCUT2D eigenvalue weighted by Crippen LogP contribution is -3.00. The van der Waals surface area contributed by atoms with Gasteiger partial charge in [-0.1, -0.05) is 18.2 Å². The average molecular weight is 482 g/mol. The van der Waals surface area contributed by atoms with Gasteiger partial charge in [0.15, 0.2) is 5.78 Å². The van der Waals surface area contributed by atoms with Crippen molar-refractivity contribution in [3.63, 3.8) is 0 Å². The summed E-state index contributed by atoms with van der Waals surface area (Å²) in [6, 6.07) is 8.10. The number of Topliss-reactive ketones (excluding diaryl/α,β-unsaturated/α-hetero) is 1. The summed E-state index contributed by atoms with van der Waals surface area (Å²) in [5.41, 5.74) is 8.48. The zero-order chi connectivity index (χ0) is 21.3. The van der Waals surface area contributed by atoms with Gasteiger partial charge in [0, 0.05) is 49.2 Å². The SMILES string of the molecule is Cc1n(CC2CCc3c(c4ccccc4n3C)C2=O)cc[n+]1COC(=O)NCCN.Cl.[Cl-]. The fourth-order valence-electron chi connectivity index (χ4n) is 4.30. The third-order valence-corrected chi connectivity index (χ3v) is 6.00. The monoisotopic (exact) mass is 481 g/mol. The molecule has 174 valence electrons. The van der Waals surface area contributed by atoms with E-state index in [0.717, 1.165) is 40.8 Å². The number of nitrogens with two attached hydrogens (primary N) is 1. The molecule has 0 saturated carbocycles. The van der Waals surface area contributed by atoms with Gasteiger partial charge in [0.2, 0.25) is 6.73 Å². The molecule has 10 heteroatoms. The van der Waals surface area contributed by atoms with Crippen LogP contribution in [0.2, 0.25) is 0 Å². The van der Waals surface area contributed by atoms with E-state index in [0.29, 0.717) is 19.6 Å². The number of hydrogen-bond acceptors (Lipinski definition) is 4. The Hall–Kier alpha value is -2.55. The Morgan fingerprint density at radius 2 is 2.09 bits per heavy atom. The van der Waals surface area contributed by atoms with Crippen molar-refractivity contribution in [2.75, 3.05) is 13.1 Å². The molecule has 0 fully saturated rings. The largest absolute Gasteiger partial charge is 1.00 e. The summed E-state index contributed by atoms with van der Waals surface area (Å²) in [5.74, 6) is 1.07. The van der Waals surface area contributed by atoms with E-state index in [1.807, 2.05) is 49.1 Å². The van der Waals surface area contributed by atoms with Crippen LogP contribution in [0.3, 0.4) is 0 Å². The van der Waals surface area contributed by atoms with E-state index in [2.05, 4.69) is 20.5 Å². The molecule has 0 saturated heterocycles. The number of fused-ring (bicyclic) bond motifs is 3. The van der Waals surface area contributed by atoms with E-state index in [9.17, 15) is 9.59 Å². The van der Waals surface area contributed by atoms with Crippen LogP contribution in [0, 0.1) is 12.8 Å². The molecular weight excluding hydrogens is 453 g/mol. The highest BCUT2D eigenvalue weighted by molar-refractivity contribution is 6.11. The molecule has 4 rings (SSSR count). The highest BCUT2D eigenvalue weighted by Crippen LogP contribution is 2.34. The van der Waals surface area contributed by atoms with Crippen molar-refractivity contribution in [3.05, 3.63) is 53.7 Å². The normalized spacial score (nSPS) is 15.0. The molecule has 3 N–H and O–H groups in total. The van der Waals surface area contributed by atoms with Crippen LogP contribution in [0.15, 0.2) is 36.7 Å². The average Bonchev–Trinajstić information content (AvgIpc) is 3.25. The van der Waals surface area contributed by atoms with Gasteiger partial charge in [-0.15, -0.1) is 12.4 Å². The number of halogens is 2. The molecule has 0 spiro atoms. The van der Waals surface area contributed by atoms with Crippen molar-refractivity contribution >= 4 is 35.2 Å². The van der Waals surface area contributed by atoms with Crippen LogP contribution in [0.5, 0.6) is 0 Å². The van der Waals surface area contributed by atoms with Gasteiger partial charge in [-0.3, -0.25) is 4.79 Å². The van der Waals surface area contributed by atoms with Crippen LogP contribution >= 0.6 is 12.4 Å². The summed E-state index contributed by atoms with van der Waals surface area (Å²) < 4.78 is 11.3. The minimum atomic E-state index is -0.494. The van der Waals surface area contributed by atoms with Crippen molar-refractivity contribution in [1.82, 2.24) is 14.5 Å². The number of rotatable bonds is 6. The number of hydrogen-bond donors (Lipinski definition) is 2. The van der Waals surface area contributed by atoms with Crippen molar-refractivity contribution in [2.24, 2.45) is 18.7 Å². The summed E-state index contributed by atoms with van der Waals surface area (Å²) >= 11 is 0. The number of nitrogens with zero attached hydrogens (tertiary/aromatic N) is 3. The fraction of sp³-hybridized carbons (Fsp3) is 0.409. The maximum Gasteiger partial charge on any atom is 0.410 e. The number of aromatic nitrogens is 3.